The first-order valence-corrected chi connectivity index (χ1v) is 7.24. The molecule has 0 aliphatic carbocycles. The second kappa shape index (κ2) is 6.39. The summed E-state index contributed by atoms with van der Waals surface area (Å²) >= 11 is 3.34. The molecule has 5 heteroatoms. The number of methoxy groups -OCH3 is 1. The van der Waals surface area contributed by atoms with Crippen LogP contribution in [-0.4, -0.2) is 37.6 Å². The van der Waals surface area contributed by atoms with Gasteiger partial charge in [0.05, 0.1) is 0 Å². The van der Waals surface area contributed by atoms with Crippen molar-refractivity contribution in [3.8, 4) is 0 Å². The molecule has 1 heterocycles. The average Bonchev–Trinajstić information content (AvgIpc) is 2.42. The first-order valence-electron chi connectivity index (χ1n) is 6.45. The van der Waals surface area contributed by atoms with E-state index in [0.29, 0.717) is 17.2 Å². The summed E-state index contributed by atoms with van der Waals surface area (Å²) in [6.07, 6.45) is 2.01. The van der Waals surface area contributed by atoms with E-state index < -0.39 is 0 Å². The molecule has 1 amide bonds. The molecule has 1 aliphatic heterocycles. The molecule has 0 atom stereocenters. The third kappa shape index (κ3) is 3.48. The number of rotatable bonds is 3. The standard InChI is InChI=1S/C14H19BrN2O2/c1-19-9-10-4-6-17(7-5-10)14(18)11-2-3-12(15)13(16)8-11/h2-3,8,10H,4-7,9,16H2,1H3. The summed E-state index contributed by atoms with van der Waals surface area (Å²) in [5.41, 5.74) is 7.07. The summed E-state index contributed by atoms with van der Waals surface area (Å²) in [4.78, 5) is 14.2. The lowest BCUT2D eigenvalue weighted by Crippen LogP contribution is -2.39. The number of halogens is 1. The fraction of sp³-hybridized carbons (Fsp3) is 0.500. The van der Waals surface area contributed by atoms with Gasteiger partial charge in [-0.25, -0.2) is 0 Å². The highest BCUT2D eigenvalue weighted by Crippen LogP contribution is 2.23. The lowest BCUT2D eigenvalue weighted by molar-refractivity contribution is 0.0613. The van der Waals surface area contributed by atoms with Gasteiger partial charge in [-0.15, -0.1) is 0 Å². The first kappa shape index (κ1) is 14.3. The Morgan fingerprint density at radius 1 is 1.47 bits per heavy atom. The van der Waals surface area contributed by atoms with E-state index in [-0.39, 0.29) is 5.91 Å². The summed E-state index contributed by atoms with van der Waals surface area (Å²) in [6, 6.07) is 5.36. The van der Waals surface area contributed by atoms with Gasteiger partial charge >= 0.3 is 0 Å². The Hall–Kier alpha value is -1.07. The van der Waals surface area contributed by atoms with Gasteiger partial charge in [-0.2, -0.15) is 0 Å². The molecule has 1 aliphatic rings. The van der Waals surface area contributed by atoms with Crippen molar-refractivity contribution in [2.45, 2.75) is 12.8 Å². The van der Waals surface area contributed by atoms with Crippen LogP contribution >= 0.6 is 15.9 Å². The zero-order chi connectivity index (χ0) is 13.8. The Balaban J connectivity index is 1.99. The normalized spacial score (nSPS) is 16.6. The van der Waals surface area contributed by atoms with E-state index in [1.165, 1.54) is 0 Å². The van der Waals surface area contributed by atoms with E-state index in [1.807, 2.05) is 17.0 Å². The number of carbonyl (C=O) groups is 1. The van der Waals surface area contributed by atoms with Gasteiger partial charge in [-0.1, -0.05) is 0 Å². The van der Waals surface area contributed by atoms with E-state index in [0.717, 1.165) is 37.0 Å². The van der Waals surface area contributed by atoms with Crippen molar-refractivity contribution in [2.24, 2.45) is 5.92 Å². The number of benzene rings is 1. The van der Waals surface area contributed by atoms with Gasteiger partial charge < -0.3 is 15.4 Å². The monoisotopic (exact) mass is 326 g/mol. The Labute approximate surface area is 122 Å². The predicted molar refractivity (Wildman–Crippen MR) is 79.1 cm³/mol. The quantitative estimate of drug-likeness (QED) is 0.868. The summed E-state index contributed by atoms with van der Waals surface area (Å²) in [7, 11) is 1.72. The average molecular weight is 327 g/mol. The van der Waals surface area contributed by atoms with Gasteiger partial charge in [0.2, 0.25) is 0 Å². The zero-order valence-corrected chi connectivity index (χ0v) is 12.6. The molecule has 1 fully saturated rings. The molecule has 0 spiro atoms. The van der Waals surface area contributed by atoms with Crippen LogP contribution in [0.1, 0.15) is 23.2 Å². The fourth-order valence-electron chi connectivity index (χ4n) is 2.40. The minimum atomic E-state index is 0.0649. The number of piperidine rings is 1. The van der Waals surface area contributed by atoms with E-state index in [1.54, 1.807) is 13.2 Å². The molecular formula is C14H19BrN2O2. The Kier molecular flexibility index (Phi) is 4.82. The molecule has 2 N–H and O–H groups in total. The number of carbonyl (C=O) groups excluding carboxylic acids is 1. The number of ether oxygens (including phenoxy) is 1. The van der Waals surface area contributed by atoms with Gasteiger partial charge in [-0.05, 0) is 52.9 Å². The van der Waals surface area contributed by atoms with Crippen molar-refractivity contribution in [2.75, 3.05) is 32.5 Å². The van der Waals surface area contributed by atoms with Crippen LogP contribution in [-0.2, 0) is 4.74 Å². The maximum atomic E-state index is 12.4. The van der Waals surface area contributed by atoms with Crippen molar-refractivity contribution in [1.29, 1.82) is 0 Å². The van der Waals surface area contributed by atoms with E-state index in [9.17, 15) is 4.79 Å². The molecule has 1 aromatic rings. The SMILES string of the molecule is COCC1CCN(C(=O)c2ccc(Br)c(N)c2)CC1. The van der Waals surface area contributed by atoms with Crippen LogP contribution in [0, 0.1) is 5.92 Å². The Morgan fingerprint density at radius 2 is 2.16 bits per heavy atom. The molecule has 19 heavy (non-hydrogen) atoms. The van der Waals surface area contributed by atoms with E-state index in [4.69, 9.17) is 10.5 Å². The first-order chi connectivity index (χ1) is 9.11. The minimum Gasteiger partial charge on any atom is -0.398 e. The van der Waals surface area contributed by atoms with Crippen molar-refractivity contribution < 1.29 is 9.53 Å². The van der Waals surface area contributed by atoms with Crippen LogP contribution in [0.25, 0.3) is 0 Å². The van der Waals surface area contributed by atoms with Gasteiger partial charge in [-0.3, -0.25) is 4.79 Å². The summed E-state index contributed by atoms with van der Waals surface area (Å²) in [5, 5.41) is 0. The summed E-state index contributed by atoms with van der Waals surface area (Å²) in [6.45, 7) is 2.37. The third-order valence-corrected chi connectivity index (χ3v) is 4.27. The number of hydrogen-bond acceptors (Lipinski definition) is 3. The van der Waals surface area contributed by atoms with Crippen molar-refractivity contribution >= 4 is 27.5 Å². The number of amides is 1. The minimum absolute atomic E-state index is 0.0649. The van der Waals surface area contributed by atoms with Crippen LogP contribution < -0.4 is 5.73 Å². The van der Waals surface area contributed by atoms with Crippen LogP contribution in [0.5, 0.6) is 0 Å². The number of nitrogen functional groups attached to an aromatic ring is 1. The summed E-state index contributed by atoms with van der Waals surface area (Å²) < 4.78 is 5.99. The molecule has 0 radical (unpaired) electrons. The van der Waals surface area contributed by atoms with Crippen LogP contribution in [0.3, 0.4) is 0 Å². The topological polar surface area (TPSA) is 55.6 Å². The maximum Gasteiger partial charge on any atom is 0.253 e. The molecule has 0 bridgehead atoms. The highest BCUT2D eigenvalue weighted by molar-refractivity contribution is 9.10. The lowest BCUT2D eigenvalue weighted by atomic mass is 9.97. The van der Waals surface area contributed by atoms with Gasteiger partial charge in [0.15, 0.2) is 0 Å². The predicted octanol–water partition coefficient (Wildman–Crippen LogP) is 2.53. The van der Waals surface area contributed by atoms with Gasteiger partial charge in [0.1, 0.15) is 0 Å². The maximum absolute atomic E-state index is 12.4. The molecule has 104 valence electrons. The molecule has 2 rings (SSSR count). The fourth-order valence-corrected chi connectivity index (χ4v) is 2.64. The molecule has 0 saturated carbocycles. The Bertz CT molecular complexity index is 457. The van der Waals surface area contributed by atoms with Crippen molar-refractivity contribution in [3.63, 3.8) is 0 Å². The van der Waals surface area contributed by atoms with Crippen LogP contribution in [0.2, 0.25) is 0 Å². The molecular weight excluding hydrogens is 308 g/mol. The molecule has 1 aromatic carbocycles. The third-order valence-electron chi connectivity index (χ3n) is 3.55. The smallest absolute Gasteiger partial charge is 0.253 e. The van der Waals surface area contributed by atoms with Crippen molar-refractivity contribution in [3.05, 3.63) is 28.2 Å². The van der Waals surface area contributed by atoms with Gasteiger partial charge in [0, 0.05) is 42.5 Å². The van der Waals surface area contributed by atoms with Crippen LogP contribution in [0.4, 0.5) is 5.69 Å². The number of hydrogen-bond donors (Lipinski definition) is 1. The molecule has 0 aromatic heterocycles. The highest BCUT2D eigenvalue weighted by atomic mass is 79.9. The highest BCUT2D eigenvalue weighted by Gasteiger charge is 2.23. The van der Waals surface area contributed by atoms with Gasteiger partial charge in [0.25, 0.3) is 5.91 Å². The zero-order valence-electron chi connectivity index (χ0n) is 11.1. The van der Waals surface area contributed by atoms with Crippen molar-refractivity contribution in [1.82, 2.24) is 4.90 Å². The number of anilines is 1. The van der Waals surface area contributed by atoms with E-state index >= 15 is 0 Å². The van der Waals surface area contributed by atoms with E-state index in [2.05, 4.69) is 15.9 Å². The van der Waals surface area contributed by atoms with Crippen LogP contribution in [0.15, 0.2) is 22.7 Å². The Morgan fingerprint density at radius 3 is 2.74 bits per heavy atom. The number of nitrogens with zero attached hydrogens (tertiary/aromatic N) is 1. The molecule has 1 saturated heterocycles. The lowest BCUT2D eigenvalue weighted by Gasteiger charge is -2.31. The second-order valence-electron chi connectivity index (χ2n) is 4.93. The summed E-state index contributed by atoms with van der Waals surface area (Å²) in [5.74, 6) is 0.638. The molecule has 4 nitrogen and oxygen atoms in total. The largest absolute Gasteiger partial charge is 0.398 e. The number of nitrogens with two attached hydrogens (primary N) is 1. The molecule has 0 unspecified atom stereocenters. The second-order valence-corrected chi connectivity index (χ2v) is 5.78. The number of likely N-dealkylation sites (tertiary alicyclic amines) is 1.